The molecule has 6 nitrogen and oxygen atoms in total. The number of halogens is 2. The van der Waals surface area contributed by atoms with Gasteiger partial charge in [0.15, 0.2) is 0 Å². The van der Waals surface area contributed by atoms with Gasteiger partial charge in [0.05, 0.1) is 15.5 Å². The SMILES string of the molecule is O=C(O)c1cc(Oc2cc(Cl)ccc2[N+](=O)[O-])ccc1Cl. The summed E-state index contributed by atoms with van der Waals surface area (Å²) in [7, 11) is 0. The van der Waals surface area contributed by atoms with Gasteiger partial charge >= 0.3 is 11.7 Å². The van der Waals surface area contributed by atoms with Crippen LogP contribution in [0.3, 0.4) is 0 Å². The minimum absolute atomic E-state index is 0.0374. The molecule has 0 unspecified atom stereocenters. The Morgan fingerprint density at radius 2 is 1.90 bits per heavy atom. The molecule has 21 heavy (non-hydrogen) atoms. The van der Waals surface area contributed by atoms with Crippen molar-refractivity contribution < 1.29 is 19.6 Å². The topological polar surface area (TPSA) is 89.7 Å². The Kier molecular flexibility index (Phi) is 4.30. The highest BCUT2D eigenvalue weighted by Crippen LogP contribution is 2.34. The predicted molar refractivity (Wildman–Crippen MR) is 76.6 cm³/mol. The zero-order valence-electron chi connectivity index (χ0n) is 10.2. The first kappa shape index (κ1) is 15.1. The highest BCUT2D eigenvalue weighted by atomic mass is 35.5. The van der Waals surface area contributed by atoms with E-state index in [-0.39, 0.29) is 32.8 Å². The summed E-state index contributed by atoms with van der Waals surface area (Å²) in [5, 5.41) is 20.2. The number of carbonyl (C=O) groups is 1. The number of hydrogen-bond acceptors (Lipinski definition) is 4. The fourth-order valence-electron chi connectivity index (χ4n) is 1.58. The Labute approximate surface area is 128 Å². The number of carboxylic acid groups (broad SMARTS) is 1. The quantitative estimate of drug-likeness (QED) is 0.664. The van der Waals surface area contributed by atoms with Crippen LogP contribution in [0, 0.1) is 10.1 Å². The normalized spacial score (nSPS) is 10.2. The molecule has 0 amide bonds. The van der Waals surface area contributed by atoms with Crippen LogP contribution in [0.2, 0.25) is 10.0 Å². The van der Waals surface area contributed by atoms with E-state index in [1.807, 2.05) is 0 Å². The van der Waals surface area contributed by atoms with Crippen LogP contribution in [0.25, 0.3) is 0 Å². The van der Waals surface area contributed by atoms with E-state index in [0.717, 1.165) is 0 Å². The summed E-state index contributed by atoms with van der Waals surface area (Å²) in [5.74, 6) is -1.22. The maximum atomic E-state index is 11.0. The first-order chi connectivity index (χ1) is 9.88. The summed E-state index contributed by atoms with van der Waals surface area (Å²) in [6.07, 6.45) is 0. The van der Waals surface area contributed by atoms with Crippen LogP contribution in [0.5, 0.6) is 11.5 Å². The molecule has 0 aliphatic carbocycles. The van der Waals surface area contributed by atoms with Gasteiger partial charge in [-0.1, -0.05) is 23.2 Å². The fraction of sp³-hybridized carbons (Fsp3) is 0. The molecular weight excluding hydrogens is 321 g/mol. The molecule has 0 aliphatic heterocycles. The third kappa shape index (κ3) is 3.42. The molecule has 0 fully saturated rings. The lowest BCUT2D eigenvalue weighted by Crippen LogP contribution is -1.98. The molecule has 8 heteroatoms. The van der Waals surface area contributed by atoms with E-state index < -0.39 is 10.9 Å². The zero-order chi connectivity index (χ0) is 15.6. The number of nitrogens with zero attached hydrogens (tertiary/aromatic N) is 1. The number of nitro groups is 1. The van der Waals surface area contributed by atoms with Crippen molar-refractivity contribution in [2.45, 2.75) is 0 Å². The number of ether oxygens (including phenoxy) is 1. The first-order valence-electron chi connectivity index (χ1n) is 5.53. The second-order valence-corrected chi connectivity index (χ2v) is 4.76. The Bertz CT molecular complexity index is 732. The number of carboxylic acids is 1. The summed E-state index contributed by atoms with van der Waals surface area (Å²) < 4.78 is 5.35. The van der Waals surface area contributed by atoms with Crippen LogP contribution in [0.1, 0.15) is 10.4 Å². The molecule has 0 heterocycles. The lowest BCUT2D eigenvalue weighted by atomic mass is 10.2. The van der Waals surface area contributed by atoms with Crippen LogP contribution in [-0.4, -0.2) is 16.0 Å². The van der Waals surface area contributed by atoms with E-state index >= 15 is 0 Å². The van der Waals surface area contributed by atoms with Crippen molar-refractivity contribution in [1.29, 1.82) is 0 Å². The van der Waals surface area contributed by atoms with Crippen molar-refractivity contribution in [3.05, 3.63) is 62.1 Å². The minimum atomic E-state index is -1.23. The number of benzene rings is 2. The maximum absolute atomic E-state index is 11.0. The van der Waals surface area contributed by atoms with E-state index in [4.69, 9.17) is 33.0 Å². The minimum Gasteiger partial charge on any atom is -0.478 e. The maximum Gasteiger partial charge on any atom is 0.337 e. The fourth-order valence-corrected chi connectivity index (χ4v) is 1.94. The van der Waals surface area contributed by atoms with E-state index in [2.05, 4.69) is 0 Å². The number of rotatable bonds is 4. The van der Waals surface area contributed by atoms with E-state index in [0.29, 0.717) is 0 Å². The molecule has 0 bridgehead atoms. The monoisotopic (exact) mass is 327 g/mol. The van der Waals surface area contributed by atoms with Crippen LogP contribution in [-0.2, 0) is 0 Å². The summed E-state index contributed by atoms with van der Waals surface area (Å²) in [5.41, 5.74) is -0.454. The molecule has 108 valence electrons. The molecule has 0 spiro atoms. The van der Waals surface area contributed by atoms with Gasteiger partial charge in [-0.2, -0.15) is 0 Å². The highest BCUT2D eigenvalue weighted by molar-refractivity contribution is 6.33. The largest absolute Gasteiger partial charge is 0.478 e. The second kappa shape index (κ2) is 5.99. The number of aromatic carboxylic acids is 1. The molecule has 0 aliphatic rings. The van der Waals surface area contributed by atoms with Crippen LogP contribution in [0.15, 0.2) is 36.4 Å². The lowest BCUT2D eigenvalue weighted by Gasteiger charge is -2.08. The molecule has 0 radical (unpaired) electrons. The zero-order valence-corrected chi connectivity index (χ0v) is 11.8. The second-order valence-electron chi connectivity index (χ2n) is 3.92. The van der Waals surface area contributed by atoms with Gasteiger partial charge in [-0.3, -0.25) is 10.1 Å². The molecule has 2 aromatic rings. The summed E-state index contributed by atoms with van der Waals surface area (Å²) in [4.78, 5) is 21.3. The molecule has 0 saturated heterocycles. The van der Waals surface area contributed by atoms with Gasteiger partial charge in [0.25, 0.3) is 0 Å². The molecule has 1 N–H and O–H groups in total. The predicted octanol–water partition coefficient (Wildman–Crippen LogP) is 4.39. The third-order valence-corrected chi connectivity index (χ3v) is 3.08. The van der Waals surface area contributed by atoms with Gasteiger partial charge in [0.2, 0.25) is 5.75 Å². The average Bonchev–Trinajstić information content (AvgIpc) is 2.40. The van der Waals surface area contributed by atoms with Gasteiger partial charge in [0.1, 0.15) is 5.75 Å². The van der Waals surface area contributed by atoms with E-state index in [9.17, 15) is 14.9 Å². The van der Waals surface area contributed by atoms with Crippen molar-refractivity contribution in [2.24, 2.45) is 0 Å². The molecule has 0 aromatic heterocycles. The van der Waals surface area contributed by atoms with E-state index in [1.165, 1.54) is 36.4 Å². The van der Waals surface area contributed by atoms with Crippen molar-refractivity contribution in [3.8, 4) is 11.5 Å². The lowest BCUT2D eigenvalue weighted by molar-refractivity contribution is -0.385. The number of nitro benzene ring substituents is 1. The van der Waals surface area contributed by atoms with Crippen molar-refractivity contribution in [1.82, 2.24) is 0 Å². The van der Waals surface area contributed by atoms with Crippen LogP contribution in [0.4, 0.5) is 5.69 Å². The summed E-state index contributed by atoms with van der Waals surface area (Å²) in [6.45, 7) is 0. The first-order valence-corrected chi connectivity index (χ1v) is 6.28. The Morgan fingerprint density at radius 1 is 1.19 bits per heavy atom. The summed E-state index contributed by atoms with van der Waals surface area (Å²) >= 11 is 11.5. The van der Waals surface area contributed by atoms with Crippen molar-refractivity contribution in [2.75, 3.05) is 0 Å². The highest BCUT2D eigenvalue weighted by Gasteiger charge is 2.17. The standard InChI is InChI=1S/C13H7Cl2NO5/c14-7-1-4-11(16(19)20)12(5-7)21-8-2-3-10(15)9(6-8)13(17)18/h1-6H,(H,17,18). The summed E-state index contributed by atoms with van der Waals surface area (Å²) in [6, 6.07) is 7.74. The van der Waals surface area contributed by atoms with Gasteiger partial charge in [0, 0.05) is 17.2 Å². The van der Waals surface area contributed by atoms with Gasteiger partial charge in [-0.05, 0) is 24.3 Å². The van der Waals surface area contributed by atoms with Crippen LogP contribution >= 0.6 is 23.2 Å². The van der Waals surface area contributed by atoms with Gasteiger partial charge < -0.3 is 9.84 Å². The Morgan fingerprint density at radius 3 is 2.52 bits per heavy atom. The average molecular weight is 328 g/mol. The molecule has 0 saturated carbocycles. The molecular formula is C13H7Cl2NO5. The Hall–Kier alpha value is -2.31. The van der Waals surface area contributed by atoms with Crippen LogP contribution < -0.4 is 4.74 Å². The number of hydrogen-bond donors (Lipinski definition) is 1. The van der Waals surface area contributed by atoms with Crippen molar-refractivity contribution in [3.63, 3.8) is 0 Å². The molecule has 0 atom stereocenters. The van der Waals surface area contributed by atoms with Crippen molar-refractivity contribution >= 4 is 34.9 Å². The molecule has 2 aromatic carbocycles. The Balaban J connectivity index is 2.43. The van der Waals surface area contributed by atoms with E-state index in [1.54, 1.807) is 0 Å². The smallest absolute Gasteiger partial charge is 0.337 e. The molecule has 2 rings (SSSR count). The third-order valence-electron chi connectivity index (χ3n) is 2.51. The van der Waals surface area contributed by atoms with Gasteiger partial charge in [-0.25, -0.2) is 4.79 Å². The van der Waals surface area contributed by atoms with Gasteiger partial charge in [-0.15, -0.1) is 0 Å².